The van der Waals surface area contributed by atoms with Crippen molar-refractivity contribution in [2.75, 3.05) is 72.5 Å². The fraction of sp³-hybridized carbons (Fsp3) is 0.547. The van der Waals surface area contributed by atoms with Crippen LogP contribution < -0.4 is 65.1 Å². The summed E-state index contributed by atoms with van der Waals surface area (Å²) in [6.07, 6.45) is 5.29. The van der Waals surface area contributed by atoms with Crippen LogP contribution in [0.2, 0.25) is 0 Å². The van der Waals surface area contributed by atoms with Crippen LogP contribution in [-0.4, -0.2) is 295 Å². The van der Waals surface area contributed by atoms with Gasteiger partial charge in [-0.05, 0) is 104 Å². The molecule has 2 saturated heterocycles. The number of rotatable bonds is 26. The minimum Gasteiger partial charge on any atom is -0.396 e. The summed E-state index contributed by atoms with van der Waals surface area (Å²) in [4.78, 5) is 269. The van der Waals surface area contributed by atoms with Gasteiger partial charge in [0.05, 0.1) is 44.1 Å². The molecule has 0 spiro atoms. The van der Waals surface area contributed by atoms with Gasteiger partial charge in [-0.25, -0.2) is 4.98 Å². The fourth-order valence-electron chi connectivity index (χ4n) is 16.8. The van der Waals surface area contributed by atoms with E-state index in [1.165, 1.54) is 57.4 Å². The monoisotopic (exact) mass is 1910 g/mol. The number of unbranched alkanes of at least 4 members (excludes halogenated alkanes) is 2. The minimum absolute atomic E-state index is 0.00384. The number of aliphatic hydroxyl groups is 1. The normalized spacial score (nSPS) is 23.4. The largest absolute Gasteiger partial charge is 0.396 e. The van der Waals surface area contributed by atoms with Crippen molar-refractivity contribution in [1.29, 1.82) is 5.41 Å². The summed E-state index contributed by atoms with van der Waals surface area (Å²) in [7, 11) is 5.37. The standard InChI is InChI=1S/C95H136N22O18S/c1-13-15-28-75-87(129)107-68(27-21-35-101-94(98)99)85(127)112-74(84(126)104-48-80(97)122)51-136-52-81(123)106-71(38-56-31-33-61(34-32-56)95(6,7)8)90(132)114(10)55(5)82(124)109-73(44-79(96)121)92(134)117-36-22-30-76(117)88(130)108-69(43-62-47-100-53-105-62)86(128)111-70(37-54(3)4)89(131)113(9)49-63(119)40-57(39-58-45-102-66-25-19-17-23-64(58)66)78(120)42-60(50-118)83(125)110-72(41-59-46-103-67-26-20-18-24-65(59)67)91(133)116(12)77(29-16-14-2)93(135)115(75)11/h17-20,23-26,31-34,45-47,53-55,57,60,68-77,102-103,118H,13-16,21-22,27-30,35-44,48-52H2,1-12H3,(H2,96,121)(H2,97,122)(H,100,105)(H,104,126)(H,106,123)(H,107,129)(H,108,130)(H,109,124)(H,110,125)(H,111,128)(H,112,127)(H4,98,99,101)/t55-,57+,60-,68-,69-,70-,71-,72-,73-,74-,75-,76-,77-/m0/s1. The number of guanidine groups is 1. The number of benzene rings is 3. The number of nitrogens with two attached hydrogens (primary N) is 3. The number of thioether (sulfide) groups is 1. The first-order valence-corrected chi connectivity index (χ1v) is 47.5. The molecule has 8 rings (SSSR count). The van der Waals surface area contributed by atoms with E-state index in [9.17, 15) is 53.1 Å². The second-order valence-electron chi connectivity index (χ2n) is 36.7. The number of nitrogens with zero attached hydrogens (tertiary/aromatic N) is 6. The molecule has 3 aromatic carbocycles. The molecular formula is C95H136N22O18S. The van der Waals surface area contributed by atoms with E-state index >= 15 is 33.6 Å². The van der Waals surface area contributed by atoms with Gasteiger partial charge in [0.1, 0.15) is 72.2 Å². The van der Waals surface area contributed by atoms with Crippen molar-refractivity contribution in [1.82, 2.24) is 92.3 Å². The maximum Gasteiger partial charge on any atom is 0.246 e. The van der Waals surface area contributed by atoms with Gasteiger partial charge >= 0.3 is 0 Å². The van der Waals surface area contributed by atoms with Crippen molar-refractivity contribution >= 4 is 140 Å². The lowest BCUT2D eigenvalue weighted by Gasteiger charge is -2.36. The summed E-state index contributed by atoms with van der Waals surface area (Å²) in [6.45, 7) is 12.3. The number of hydrogen-bond acceptors (Lipinski definition) is 21. The second-order valence-corrected chi connectivity index (χ2v) is 37.8. The number of Topliss-reactive ketones (excluding diaryl/α,β-unsaturated/α-hetero) is 2. The number of fused-ring (bicyclic) bond motifs is 3. The topological polar surface area (TPSA) is 597 Å². The molecule has 0 saturated carbocycles. The predicted octanol–water partition coefficient (Wildman–Crippen LogP) is 1.34. The van der Waals surface area contributed by atoms with Crippen LogP contribution in [-0.2, 0) is 113 Å². The van der Waals surface area contributed by atoms with E-state index in [4.69, 9.17) is 22.6 Å². The summed E-state index contributed by atoms with van der Waals surface area (Å²) in [6, 6.07) is 5.47. The van der Waals surface area contributed by atoms with Crippen molar-refractivity contribution in [2.24, 2.45) is 35.0 Å². The highest BCUT2D eigenvalue weighted by molar-refractivity contribution is 8.00. The summed E-state index contributed by atoms with van der Waals surface area (Å²) in [5.41, 5.74) is 21.0. The number of aliphatic hydroxyl groups excluding tert-OH is 1. The Morgan fingerprint density at radius 2 is 1.16 bits per heavy atom. The van der Waals surface area contributed by atoms with Crippen molar-refractivity contribution in [3.8, 4) is 0 Å². The van der Waals surface area contributed by atoms with E-state index < -0.39 is 235 Å². The SMILES string of the molecule is CCCC[C@H]1C(=O)N(C)[C@@H](CCCC)C(=O)N[C@@H](CCCNC(=N)N)C(=O)N[C@H](C(=O)NCC(N)=O)CSCC(=O)N[C@@H](Cc2ccc(C(C)(C)C)cc2)C(=O)N(C)[C@@H](C)C(=O)N[C@@H](CC(N)=O)C(=O)N2CCC[C@H]2C(=O)N[C@@H](Cc2cnc[nH]2)C(=O)N[C@@H](CC(C)C)C(=O)N(C)CC(=O)C[C@@H](Cc2c[nH]c3ccccc23)C(=O)C[C@@H](CO)C(=O)N[C@@H](Cc2c[nH]c3ccccc23)C(=O)N1C. The lowest BCUT2D eigenvalue weighted by molar-refractivity contribution is -0.149. The molecule has 41 heteroatoms. The summed E-state index contributed by atoms with van der Waals surface area (Å²) < 4.78 is 0. The van der Waals surface area contributed by atoms with Gasteiger partial charge in [-0.15, -0.1) is 11.8 Å². The Morgan fingerprint density at radius 1 is 0.581 bits per heavy atom. The van der Waals surface area contributed by atoms with Crippen LogP contribution in [0.1, 0.15) is 173 Å². The Labute approximate surface area is 795 Å². The van der Waals surface area contributed by atoms with Crippen LogP contribution in [0.5, 0.6) is 0 Å². The zero-order chi connectivity index (χ0) is 99.9. The van der Waals surface area contributed by atoms with Crippen molar-refractivity contribution in [3.63, 3.8) is 0 Å². The highest BCUT2D eigenvalue weighted by atomic mass is 32.2. The molecule has 3 aromatic heterocycles. The molecule has 6 aromatic rings. The van der Waals surface area contributed by atoms with E-state index in [0.717, 1.165) is 32.0 Å². The molecule has 13 atom stereocenters. The molecule has 0 unspecified atom stereocenters. The maximum absolute atomic E-state index is 15.8. The van der Waals surface area contributed by atoms with Crippen LogP contribution >= 0.6 is 11.8 Å². The van der Waals surface area contributed by atoms with Gasteiger partial charge in [0, 0.05) is 131 Å². The Kier molecular flexibility index (Phi) is 41.0. The first-order chi connectivity index (χ1) is 64.5. The molecule has 40 nitrogen and oxygen atoms in total. The summed E-state index contributed by atoms with van der Waals surface area (Å²) in [5, 5.41) is 44.7. The smallest absolute Gasteiger partial charge is 0.246 e. The predicted molar refractivity (Wildman–Crippen MR) is 511 cm³/mol. The number of imidazole rings is 1. The molecule has 0 bridgehead atoms. The Balaban J connectivity index is 1.19. The molecule has 740 valence electrons. The average Bonchev–Trinajstić information content (AvgIpc) is 1.35. The van der Waals surface area contributed by atoms with Crippen LogP contribution in [0.3, 0.4) is 0 Å². The molecular weight excluding hydrogens is 1770 g/mol. The first-order valence-electron chi connectivity index (χ1n) is 46.3. The second kappa shape index (κ2) is 51.6. The zero-order valence-electron chi connectivity index (χ0n) is 79.7. The fourth-order valence-corrected chi connectivity index (χ4v) is 17.7. The number of amides is 15. The number of aromatic nitrogens is 4. The molecule has 136 heavy (non-hydrogen) atoms. The number of ketones is 2. The lowest BCUT2D eigenvalue weighted by atomic mass is 9.85. The number of carbonyl (C=O) groups excluding carboxylic acids is 17. The first kappa shape index (κ1) is 108. The molecule has 15 amide bonds. The van der Waals surface area contributed by atoms with Gasteiger partial charge in [-0.3, -0.25) is 86.9 Å². The molecule has 2 aliphatic heterocycles. The van der Waals surface area contributed by atoms with E-state index in [0.29, 0.717) is 69.9 Å². The minimum atomic E-state index is -1.74. The molecule has 2 fully saturated rings. The Hall–Kier alpha value is -13.1. The number of aromatic amines is 3. The van der Waals surface area contributed by atoms with Crippen molar-refractivity contribution in [3.05, 3.63) is 126 Å². The van der Waals surface area contributed by atoms with Crippen molar-refractivity contribution in [2.45, 2.75) is 243 Å². The Bertz CT molecular complexity index is 5210. The van der Waals surface area contributed by atoms with Crippen LogP contribution in [0.4, 0.5) is 0 Å². The number of para-hydroxylation sites is 2. The third-order valence-corrected chi connectivity index (χ3v) is 25.7. The summed E-state index contributed by atoms with van der Waals surface area (Å²) >= 11 is 0.805. The molecule has 2 aliphatic rings. The van der Waals surface area contributed by atoms with E-state index in [1.807, 2.05) is 58.9 Å². The van der Waals surface area contributed by atoms with E-state index in [1.54, 1.807) is 74.8 Å². The van der Waals surface area contributed by atoms with E-state index in [-0.39, 0.29) is 95.1 Å². The van der Waals surface area contributed by atoms with Gasteiger partial charge in [-0.2, -0.15) is 0 Å². The molecule has 0 aliphatic carbocycles. The average molecular weight is 1910 g/mol. The van der Waals surface area contributed by atoms with Crippen molar-refractivity contribution < 1.29 is 86.6 Å². The van der Waals surface area contributed by atoms with Gasteiger partial charge in [0.2, 0.25) is 88.6 Å². The van der Waals surface area contributed by atoms with Gasteiger partial charge in [0.25, 0.3) is 0 Å². The molecule has 0 radical (unpaired) electrons. The maximum atomic E-state index is 15.8. The van der Waals surface area contributed by atoms with Gasteiger partial charge < -0.3 is 110 Å². The van der Waals surface area contributed by atoms with Gasteiger partial charge in [-0.1, -0.05) is 135 Å². The number of primary amides is 2. The van der Waals surface area contributed by atoms with Gasteiger partial charge in [0.15, 0.2) is 11.7 Å². The molecule has 20 N–H and O–H groups in total. The number of carbonyl (C=O) groups is 17. The lowest BCUT2D eigenvalue weighted by Crippen LogP contribution is -2.60. The zero-order valence-corrected chi connectivity index (χ0v) is 80.5. The third-order valence-electron chi connectivity index (χ3n) is 24.7. The summed E-state index contributed by atoms with van der Waals surface area (Å²) in [5.74, 6) is -18.9. The van der Waals surface area contributed by atoms with Crippen LogP contribution in [0, 0.1) is 23.2 Å². The quantitative estimate of drug-likeness (QED) is 0.0207. The number of likely N-dealkylation sites (N-methyl/N-ethyl adjacent to an activating group) is 4. The highest BCUT2D eigenvalue weighted by Crippen LogP contribution is 2.30. The molecule has 5 heterocycles. The Morgan fingerprint density at radius 3 is 1.76 bits per heavy atom. The number of nitrogens with one attached hydrogen (secondary N) is 13. The number of H-pyrrole nitrogens is 3. The van der Waals surface area contributed by atoms with E-state index in [2.05, 4.69) is 67.8 Å². The van der Waals surface area contributed by atoms with Crippen LogP contribution in [0.15, 0.2) is 97.7 Å². The third kappa shape index (κ3) is 31.2. The highest BCUT2D eigenvalue weighted by Gasteiger charge is 2.44. The van der Waals surface area contributed by atoms with Crippen LogP contribution in [0.25, 0.3) is 21.8 Å². The number of hydrogen-bond donors (Lipinski definition) is 17.